The molecule has 0 aliphatic carbocycles. The third-order valence-corrected chi connectivity index (χ3v) is 4.01. The number of likely N-dealkylation sites (tertiary alicyclic amines) is 1. The number of nitrogens with zero attached hydrogens (tertiary/aromatic N) is 1. The molecule has 0 bridgehead atoms. The molecule has 1 saturated heterocycles. The number of hydrogen-bond acceptors (Lipinski definition) is 3. The van der Waals surface area contributed by atoms with Crippen molar-refractivity contribution in [2.75, 3.05) is 25.0 Å². The van der Waals surface area contributed by atoms with Gasteiger partial charge in [0, 0.05) is 23.8 Å². The van der Waals surface area contributed by atoms with E-state index in [0.717, 1.165) is 24.3 Å². The molecule has 1 heterocycles. The van der Waals surface area contributed by atoms with E-state index < -0.39 is 5.60 Å². The molecule has 2 rings (SSSR count). The first-order chi connectivity index (χ1) is 9.35. The fourth-order valence-corrected chi connectivity index (χ4v) is 2.49. The van der Waals surface area contributed by atoms with E-state index in [4.69, 9.17) is 11.6 Å². The van der Waals surface area contributed by atoms with Gasteiger partial charge in [-0.15, -0.1) is 0 Å². The van der Waals surface area contributed by atoms with E-state index in [-0.39, 0.29) is 5.91 Å². The summed E-state index contributed by atoms with van der Waals surface area (Å²) in [4.78, 5) is 14.1. The summed E-state index contributed by atoms with van der Waals surface area (Å²) >= 11 is 5.93. The maximum atomic E-state index is 12.0. The molecule has 0 saturated carbocycles. The van der Waals surface area contributed by atoms with Gasteiger partial charge in [0.15, 0.2) is 0 Å². The number of amides is 1. The minimum atomic E-state index is -0.587. The molecular weight excluding hydrogens is 276 g/mol. The molecule has 1 aliphatic rings. The van der Waals surface area contributed by atoms with Gasteiger partial charge in [0.05, 0.1) is 12.1 Å². The average molecular weight is 297 g/mol. The normalized spacial score (nSPS) is 18.8. The molecule has 110 valence electrons. The van der Waals surface area contributed by atoms with Gasteiger partial charge in [-0.2, -0.15) is 0 Å². The number of benzene rings is 1. The topological polar surface area (TPSA) is 52.6 Å². The van der Waals surface area contributed by atoms with Gasteiger partial charge in [0.2, 0.25) is 5.91 Å². The van der Waals surface area contributed by atoms with Crippen molar-refractivity contribution in [2.45, 2.75) is 32.3 Å². The molecule has 4 nitrogen and oxygen atoms in total. The summed E-state index contributed by atoms with van der Waals surface area (Å²) in [5, 5.41) is 13.4. The van der Waals surface area contributed by atoms with Crippen LogP contribution in [0.25, 0.3) is 0 Å². The Morgan fingerprint density at radius 2 is 2.10 bits per heavy atom. The highest BCUT2D eigenvalue weighted by atomic mass is 35.5. The zero-order valence-electron chi connectivity index (χ0n) is 11.9. The zero-order chi connectivity index (χ0) is 14.8. The van der Waals surface area contributed by atoms with E-state index in [2.05, 4.69) is 10.2 Å². The van der Waals surface area contributed by atoms with Gasteiger partial charge >= 0.3 is 0 Å². The lowest BCUT2D eigenvalue weighted by atomic mass is 9.94. The fraction of sp³-hybridized carbons (Fsp3) is 0.533. The number of nitrogens with one attached hydrogen (secondary N) is 1. The monoisotopic (exact) mass is 296 g/mol. The van der Waals surface area contributed by atoms with Crippen LogP contribution in [-0.2, 0) is 4.79 Å². The summed E-state index contributed by atoms with van der Waals surface area (Å²) in [6.07, 6.45) is 1.41. The van der Waals surface area contributed by atoms with E-state index in [1.165, 1.54) is 0 Å². The van der Waals surface area contributed by atoms with Gasteiger partial charge in [-0.3, -0.25) is 9.69 Å². The van der Waals surface area contributed by atoms with E-state index in [1.807, 2.05) is 19.9 Å². The van der Waals surface area contributed by atoms with Gasteiger partial charge in [-0.25, -0.2) is 0 Å². The van der Waals surface area contributed by atoms with Crippen LogP contribution in [0, 0.1) is 6.92 Å². The van der Waals surface area contributed by atoms with E-state index in [0.29, 0.717) is 24.4 Å². The van der Waals surface area contributed by atoms with Gasteiger partial charge < -0.3 is 10.4 Å². The van der Waals surface area contributed by atoms with Gasteiger partial charge in [-0.1, -0.05) is 17.7 Å². The number of aliphatic hydroxyl groups is 1. The molecule has 20 heavy (non-hydrogen) atoms. The molecule has 1 aromatic rings. The summed E-state index contributed by atoms with van der Waals surface area (Å²) in [7, 11) is 0. The van der Waals surface area contributed by atoms with E-state index >= 15 is 0 Å². The number of rotatable bonds is 3. The number of halogens is 1. The first kappa shape index (κ1) is 15.3. The third-order valence-electron chi connectivity index (χ3n) is 3.77. The second-order valence-electron chi connectivity index (χ2n) is 5.78. The number of aryl methyl sites for hydroxylation is 1. The van der Waals surface area contributed by atoms with E-state index in [1.54, 1.807) is 12.1 Å². The number of anilines is 1. The van der Waals surface area contributed by atoms with Crippen molar-refractivity contribution in [3.05, 3.63) is 28.8 Å². The lowest BCUT2D eigenvalue weighted by Gasteiger charge is -2.35. The van der Waals surface area contributed by atoms with Crippen LogP contribution >= 0.6 is 11.6 Å². The first-order valence-electron chi connectivity index (χ1n) is 6.86. The van der Waals surface area contributed by atoms with Crippen LogP contribution in [0.3, 0.4) is 0 Å². The number of hydrogen-bond donors (Lipinski definition) is 2. The molecule has 1 aromatic carbocycles. The Labute approximate surface area is 124 Å². The maximum absolute atomic E-state index is 12.0. The molecule has 0 unspecified atom stereocenters. The Kier molecular flexibility index (Phi) is 4.68. The van der Waals surface area contributed by atoms with Crippen LogP contribution in [0.1, 0.15) is 25.3 Å². The minimum Gasteiger partial charge on any atom is -0.390 e. The predicted octanol–water partition coefficient (Wildman–Crippen LogP) is 2.43. The lowest BCUT2D eigenvalue weighted by Crippen LogP contribution is -2.45. The van der Waals surface area contributed by atoms with Crippen molar-refractivity contribution in [3.8, 4) is 0 Å². The van der Waals surface area contributed by atoms with Crippen LogP contribution in [0.15, 0.2) is 18.2 Å². The van der Waals surface area contributed by atoms with Crippen LogP contribution < -0.4 is 5.32 Å². The Morgan fingerprint density at radius 3 is 2.75 bits per heavy atom. The molecule has 2 N–H and O–H groups in total. The van der Waals surface area contributed by atoms with Crippen LogP contribution in [-0.4, -0.2) is 41.1 Å². The quantitative estimate of drug-likeness (QED) is 0.901. The lowest BCUT2D eigenvalue weighted by molar-refractivity contribution is -0.118. The van der Waals surface area contributed by atoms with Crippen molar-refractivity contribution < 1.29 is 9.90 Å². The van der Waals surface area contributed by atoms with Crippen molar-refractivity contribution in [2.24, 2.45) is 0 Å². The molecule has 5 heteroatoms. The molecule has 1 amide bonds. The van der Waals surface area contributed by atoms with Crippen LogP contribution in [0.2, 0.25) is 5.02 Å². The van der Waals surface area contributed by atoms with Crippen molar-refractivity contribution in [1.82, 2.24) is 4.90 Å². The summed E-state index contributed by atoms with van der Waals surface area (Å²) in [5.74, 6) is -0.0445. The van der Waals surface area contributed by atoms with Gasteiger partial charge in [0.1, 0.15) is 0 Å². The second kappa shape index (κ2) is 6.12. The predicted molar refractivity (Wildman–Crippen MR) is 81.1 cm³/mol. The van der Waals surface area contributed by atoms with Crippen molar-refractivity contribution in [1.29, 1.82) is 0 Å². The summed E-state index contributed by atoms with van der Waals surface area (Å²) < 4.78 is 0. The highest BCUT2D eigenvalue weighted by molar-refractivity contribution is 6.31. The Morgan fingerprint density at radius 1 is 1.45 bits per heavy atom. The summed E-state index contributed by atoms with van der Waals surface area (Å²) in [6, 6.07) is 5.45. The summed E-state index contributed by atoms with van der Waals surface area (Å²) in [5.41, 5.74) is 1.16. The molecule has 0 atom stereocenters. The van der Waals surface area contributed by atoms with Crippen molar-refractivity contribution >= 4 is 23.2 Å². The second-order valence-corrected chi connectivity index (χ2v) is 6.22. The Hall–Kier alpha value is -1.10. The van der Waals surface area contributed by atoms with E-state index in [9.17, 15) is 9.90 Å². The average Bonchev–Trinajstić information content (AvgIpc) is 2.36. The smallest absolute Gasteiger partial charge is 0.238 e. The third kappa shape index (κ3) is 4.20. The molecule has 1 aliphatic heterocycles. The molecule has 0 spiro atoms. The van der Waals surface area contributed by atoms with Gasteiger partial charge in [-0.05, 0) is 44.4 Å². The highest BCUT2D eigenvalue weighted by Gasteiger charge is 2.28. The fourth-order valence-electron chi connectivity index (χ4n) is 2.31. The maximum Gasteiger partial charge on any atom is 0.238 e. The summed E-state index contributed by atoms with van der Waals surface area (Å²) in [6.45, 7) is 5.62. The number of carbonyl (C=O) groups is 1. The standard InChI is InChI=1S/C15H21ClN2O2/c1-11-3-4-12(16)9-13(11)17-14(19)10-18-7-5-15(2,20)6-8-18/h3-4,9,20H,5-8,10H2,1-2H3,(H,17,19). The largest absolute Gasteiger partial charge is 0.390 e. The minimum absolute atomic E-state index is 0.0445. The highest BCUT2D eigenvalue weighted by Crippen LogP contribution is 2.22. The Bertz CT molecular complexity index is 493. The van der Waals surface area contributed by atoms with Crippen LogP contribution in [0.4, 0.5) is 5.69 Å². The zero-order valence-corrected chi connectivity index (χ0v) is 12.7. The van der Waals surface area contributed by atoms with Crippen LogP contribution in [0.5, 0.6) is 0 Å². The van der Waals surface area contributed by atoms with Gasteiger partial charge in [0.25, 0.3) is 0 Å². The molecule has 1 fully saturated rings. The SMILES string of the molecule is Cc1ccc(Cl)cc1NC(=O)CN1CCC(C)(O)CC1. The van der Waals surface area contributed by atoms with Crippen molar-refractivity contribution in [3.63, 3.8) is 0 Å². The molecule has 0 radical (unpaired) electrons. The number of piperidine rings is 1. The molecular formula is C15H21ClN2O2. The Balaban J connectivity index is 1.88. The first-order valence-corrected chi connectivity index (χ1v) is 7.24. The number of carbonyl (C=O) groups excluding carboxylic acids is 1. The molecule has 0 aromatic heterocycles.